The highest BCUT2D eigenvalue weighted by atomic mass is 16.4. The average molecular weight is 254 g/mol. The molecule has 0 aromatic carbocycles. The lowest BCUT2D eigenvalue weighted by Crippen LogP contribution is -2.54. The van der Waals surface area contributed by atoms with Crippen molar-refractivity contribution >= 4 is 5.97 Å². The number of rotatable bonds is 4. The fraction of sp³-hybridized carbons (Fsp3) is 0.929. The molecule has 3 unspecified atom stereocenters. The van der Waals surface area contributed by atoms with E-state index in [1.165, 1.54) is 32.5 Å². The van der Waals surface area contributed by atoms with Gasteiger partial charge in [-0.05, 0) is 52.6 Å². The number of fused-ring (bicyclic) bond motifs is 2. The summed E-state index contributed by atoms with van der Waals surface area (Å²) in [5, 5.41) is 8.92. The Bertz CT molecular complexity index is 311. The first-order chi connectivity index (χ1) is 8.38. The van der Waals surface area contributed by atoms with Crippen molar-refractivity contribution in [2.45, 2.75) is 51.6 Å². The average Bonchev–Trinajstić information content (AvgIpc) is 2.62. The number of aliphatic carboxylic acids is 1. The van der Waals surface area contributed by atoms with E-state index in [0.717, 1.165) is 5.92 Å². The van der Waals surface area contributed by atoms with E-state index < -0.39 is 5.97 Å². The van der Waals surface area contributed by atoms with E-state index >= 15 is 0 Å². The van der Waals surface area contributed by atoms with Crippen molar-refractivity contribution in [3.63, 3.8) is 0 Å². The Kier molecular flexibility index (Phi) is 3.97. The molecule has 0 aliphatic carbocycles. The third-order valence-corrected chi connectivity index (χ3v) is 4.42. The van der Waals surface area contributed by atoms with E-state index in [0.29, 0.717) is 12.6 Å². The van der Waals surface area contributed by atoms with E-state index in [4.69, 9.17) is 5.11 Å². The van der Waals surface area contributed by atoms with Crippen LogP contribution in [-0.4, -0.2) is 58.6 Å². The molecule has 4 heteroatoms. The van der Waals surface area contributed by atoms with Gasteiger partial charge in [-0.15, -0.1) is 0 Å². The second kappa shape index (κ2) is 5.17. The van der Waals surface area contributed by atoms with Gasteiger partial charge in [0.15, 0.2) is 0 Å². The van der Waals surface area contributed by atoms with Gasteiger partial charge in [-0.25, -0.2) is 0 Å². The molecule has 2 rings (SSSR count). The number of carbonyl (C=O) groups is 1. The summed E-state index contributed by atoms with van der Waals surface area (Å²) in [6, 6.07) is 0.572. The molecule has 2 saturated heterocycles. The fourth-order valence-electron chi connectivity index (χ4n) is 3.56. The number of carboxylic acid groups (broad SMARTS) is 1. The zero-order chi connectivity index (χ0) is 13.3. The summed E-state index contributed by atoms with van der Waals surface area (Å²) in [5.41, 5.74) is 0.0604. The van der Waals surface area contributed by atoms with E-state index in [2.05, 4.69) is 30.6 Å². The van der Waals surface area contributed by atoms with E-state index in [-0.39, 0.29) is 12.0 Å². The summed E-state index contributed by atoms with van der Waals surface area (Å²) in [7, 11) is 0. The minimum absolute atomic E-state index is 0.0604. The minimum atomic E-state index is -0.687. The number of piperidine rings is 1. The molecule has 2 fully saturated rings. The smallest absolute Gasteiger partial charge is 0.304 e. The van der Waals surface area contributed by atoms with Crippen molar-refractivity contribution in [2.75, 3.05) is 26.2 Å². The Labute approximate surface area is 110 Å². The van der Waals surface area contributed by atoms with Gasteiger partial charge < -0.3 is 10.0 Å². The molecule has 0 spiro atoms. The highest BCUT2D eigenvalue weighted by molar-refractivity contribution is 5.66. The van der Waals surface area contributed by atoms with Crippen LogP contribution in [0.5, 0.6) is 0 Å². The molecule has 0 radical (unpaired) electrons. The van der Waals surface area contributed by atoms with Crippen molar-refractivity contribution in [3.8, 4) is 0 Å². The van der Waals surface area contributed by atoms with Crippen molar-refractivity contribution in [1.29, 1.82) is 0 Å². The van der Waals surface area contributed by atoms with E-state index in [9.17, 15) is 4.79 Å². The Hall–Kier alpha value is -0.610. The summed E-state index contributed by atoms with van der Waals surface area (Å²) >= 11 is 0. The largest absolute Gasteiger partial charge is 0.481 e. The first-order valence-corrected chi connectivity index (χ1v) is 7.09. The number of hydrogen-bond donors (Lipinski definition) is 1. The van der Waals surface area contributed by atoms with Crippen molar-refractivity contribution in [3.05, 3.63) is 0 Å². The molecule has 2 heterocycles. The molecule has 2 aliphatic heterocycles. The number of carboxylic acids is 1. The van der Waals surface area contributed by atoms with Gasteiger partial charge in [0.25, 0.3) is 0 Å². The standard InChI is InChI=1S/C14H26N2O2/c1-14(2,3)16(9-6-13(17)18)12-5-8-15-7-4-11(12)10-15/h11-12H,4-10H2,1-3H3,(H,17,18). The molecule has 2 aliphatic rings. The normalized spacial score (nSPS) is 31.9. The lowest BCUT2D eigenvalue weighted by atomic mass is 9.89. The molecule has 2 bridgehead atoms. The van der Waals surface area contributed by atoms with Gasteiger partial charge >= 0.3 is 5.97 Å². The minimum Gasteiger partial charge on any atom is -0.481 e. The second-order valence-electron chi connectivity index (χ2n) is 6.71. The molecule has 0 aromatic rings. The summed E-state index contributed by atoms with van der Waals surface area (Å²) in [4.78, 5) is 15.8. The molecule has 0 aromatic heterocycles. The summed E-state index contributed by atoms with van der Waals surface area (Å²) in [5.74, 6) is 0.0554. The van der Waals surface area contributed by atoms with Crippen LogP contribution in [0.3, 0.4) is 0 Å². The maximum atomic E-state index is 10.8. The van der Waals surface area contributed by atoms with Gasteiger partial charge in [0.2, 0.25) is 0 Å². The maximum Gasteiger partial charge on any atom is 0.304 e. The lowest BCUT2D eigenvalue weighted by molar-refractivity contribution is -0.138. The molecule has 0 saturated carbocycles. The topological polar surface area (TPSA) is 43.8 Å². The van der Waals surface area contributed by atoms with Crippen molar-refractivity contribution < 1.29 is 9.90 Å². The van der Waals surface area contributed by atoms with Gasteiger partial charge in [-0.1, -0.05) is 0 Å². The number of nitrogens with zero attached hydrogens (tertiary/aromatic N) is 2. The van der Waals surface area contributed by atoms with Gasteiger partial charge in [0.05, 0.1) is 6.42 Å². The maximum absolute atomic E-state index is 10.8. The Morgan fingerprint density at radius 2 is 2.00 bits per heavy atom. The SMILES string of the molecule is CC(C)(C)N(CCC(=O)O)C1CCN2CCC1C2. The zero-order valence-electron chi connectivity index (χ0n) is 11.9. The van der Waals surface area contributed by atoms with Gasteiger partial charge in [-0.2, -0.15) is 0 Å². The van der Waals surface area contributed by atoms with Crippen LogP contribution >= 0.6 is 0 Å². The van der Waals surface area contributed by atoms with E-state index in [1.54, 1.807) is 0 Å². The molecule has 4 nitrogen and oxygen atoms in total. The second-order valence-corrected chi connectivity index (χ2v) is 6.71. The molecule has 3 atom stereocenters. The lowest BCUT2D eigenvalue weighted by Gasteiger charge is -2.46. The highest BCUT2D eigenvalue weighted by Crippen LogP contribution is 2.34. The molecule has 18 heavy (non-hydrogen) atoms. The molecular formula is C14H26N2O2. The van der Waals surface area contributed by atoms with Crippen LogP contribution < -0.4 is 0 Å². The van der Waals surface area contributed by atoms with Crippen LogP contribution in [-0.2, 0) is 4.79 Å². The first-order valence-electron chi connectivity index (χ1n) is 7.09. The zero-order valence-corrected chi connectivity index (χ0v) is 11.9. The molecule has 0 amide bonds. The van der Waals surface area contributed by atoms with Crippen LogP contribution in [0, 0.1) is 5.92 Å². The number of hydrogen-bond acceptors (Lipinski definition) is 3. The van der Waals surface area contributed by atoms with Crippen LogP contribution in [0.25, 0.3) is 0 Å². The van der Waals surface area contributed by atoms with Crippen molar-refractivity contribution in [2.24, 2.45) is 5.92 Å². The van der Waals surface area contributed by atoms with Gasteiger partial charge in [0.1, 0.15) is 0 Å². The Morgan fingerprint density at radius 1 is 1.33 bits per heavy atom. The Balaban J connectivity index is 2.05. The van der Waals surface area contributed by atoms with Crippen LogP contribution in [0.2, 0.25) is 0 Å². The molecule has 104 valence electrons. The third kappa shape index (κ3) is 3.04. The van der Waals surface area contributed by atoms with Crippen LogP contribution in [0.1, 0.15) is 40.0 Å². The predicted octanol–water partition coefficient (Wildman–Crippen LogP) is 1.66. The van der Waals surface area contributed by atoms with Crippen LogP contribution in [0.4, 0.5) is 0 Å². The highest BCUT2D eigenvalue weighted by Gasteiger charge is 2.40. The quantitative estimate of drug-likeness (QED) is 0.828. The van der Waals surface area contributed by atoms with Crippen LogP contribution in [0.15, 0.2) is 0 Å². The Morgan fingerprint density at radius 3 is 2.61 bits per heavy atom. The monoisotopic (exact) mass is 254 g/mol. The van der Waals surface area contributed by atoms with E-state index in [1.807, 2.05) is 0 Å². The third-order valence-electron chi connectivity index (χ3n) is 4.42. The van der Waals surface area contributed by atoms with Gasteiger partial charge in [-0.3, -0.25) is 9.69 Å². The fourth-order valence-corrected chi connectivity index (χ4v) is 3.56. The molecule has 1 N–H and O–H groups in total. The van der Waals surface area contributed by atoms with Crippen molar-refractivity contribution in [1.82, 2.24) is 9.80 Å². The summed E-state index contributed by atoms with van der Waals surface area (Å²) < 4.78 is 0. The predicted molar refractivity (Wildman–Crippen MR) is 71.7 cm³/mol. The molecular weight excluding hydrogens is 228 g/mol. The van der Waals surface area contributed by atoms with Gasteiger partial charge in [0, 0.05) is 24.7 Å². The first kappa shape index (κ1) is 13.8. The summed E-state index contributed by atoms with van der Waals surface area (Å²) in [6.45, 7) is 10.9. The summed E-state index contributed by atoms with van der Waals surface area (Å²) in [6.07, 6.45) is 2.73.